The third kappa shape index (κ3) is 1.24. The second kappa shape index (κ2) is 3.09. The lowest BCUT2D eigenvalue weighted by Crippen LogP contribution is -2.20. The molecule has 88 valence electrons. The summed E-state index contributed by atoms with van der Waals surface area (Å²) in [6, 6.07) is 4.77. The van der Waals surface area contributed by atoms with E-state index in [1.165, 1.54) is 6.07 Å². The molecule has 0 radical (unpaired) electrons. The summed E-state index contributed by atoms with van der Waals surface area (Å²) in [5.41, 5.74) is 1.12. The maximum absolute atomic E-state index is 13.6. The Kier molecular flexibility index (Phi) is 1.88. The van der Waals surface area contributed by atoms with E-state index in [4.69, 9.17) is 0 Å². The molecule has 1 aromatic carbocycles. The van der Waals surface area contributed by atoms with Crippen molar-refractivity contribution in [1.82, 2.24) is 4.98 Å². The molecule has 1 saturated carbocycles. The average molecular weight is 233 g/mol. The molecule has 0 atom stereocenters. The van der Waals surface area contributed by atoms with Gasteiger partial charge in [-0.2, -0.15) is 0 Å². The molecule has 0 spiro atoms. The molecule has 1 aliphatic rings. The fourth-order valence-electron chi connectivity index (χ4n) is 2.62. The van der Waals surface area contributed by atoms with Crippen molar-refractivity contribution >= 4 is 16.9 Å². The molecule has 3 nitrogen and oxygen atoms in total. The van der Waals surface area contributed by atoms with E-state index in [0.717, 1.165) is 11.3 Å². The first kappa shape index (κ1) is 10.3. The number of carboxylic acid groups (broad SMARTS) is 1. The predicted molar refractivity (Wildman–Crippen MR) is 61.5 cm³/mol. The molecule has 0 bridgehead atoms. The van der Waals surface area contributed by atoms with Crippen LogP contribution in [0.3, 0.4) is 0 Å². The first-order valence-corrected chi connectivity index (χ1v) is 5.57. The van der Waals surface area contributed by atoms with E-state index in [1.807, 2.05) is 0 Å². The molecular formula is C13H12FNO2. The number of carboxylic acids is 1. The minimum absolute atomic E-state index is 0.335. The summed E-state index contributed by atoms with van der Waals surface area (Å²) in [5, 5.41) is 10.0. The van der Waals surface area contributed by atoms with Gasteiger partial charge < -0.3 is 10.1 Å². The van der Waals surface area contributed by atoms with Crippen molar-refractivity contribution in [2.24, 2.45) is 0 Å². The van der Waals surface area contributed by atoms with Gasteiger partial charge in [0.05, 0.1) is 10.9 Å². The summed E-state index contributed by atoms with van der Waals surface area (Å²) in [4.78, 5) is 14.3. The number of halogens is 1. The highest BCUT2D eigenvalue weighted by Crippen LogP contribution is 2.52. The van der Waals surface area contributed by atoms with Gasteiger partial charge in [-0.25, -0.2) is 4.39 Å². The predicted octanol–water partition coefficient (Wildman–Crippen LogP) is 2.73. The Bertz CT molecular complexity index is 626. The normalized spacial score (nSPS) is 17.3. The Morgan fingerprint density at radius 2 is 2.18 bits per heavy atom. The van der Waals surface area contributed by atoms with E-state index in [2.05, 4.69) is 4.98 Å². The Balaban J connectivity index is 2.34. The minimum Gasteiger partial charge on any atom is -0.481 e. The number of hydrogen-bond acceptors (Lipinski definition) is 1. The number of hydrogen-bond donors (Lipinski definition) is 2. The molecule has 0 unspecified atom stereocenters. The Hall–Kier alpha value is -1.84. The Morgan fingerprint density at radius 1 is 1.47 bits per heavy atom. The molecule has 3 rings (SSSR count). The van der Waals surface area contributed by atoms with Gasteiger partial charge >= 0.3 is 5.97 Å². The quantitative estimate of drug-likeness (QED) is 0.837. The van der Waals surface area contributed by atoms with E-state index in [9.17, 15) is 14.3 Å². The van der Waals surface area contributed by atoms with Crippen molar-refractivity contribution in [3.63, 3.8) is 0 Å². The summed E-state index contributed by atoms with van der Waals surface area (Å²) >= 11 is 0. The van der Waals surface area contributed by atoms with Gasteiger partial charge in [-0.05, 0) is 31.4 Å². The van der Waals surface area contributed by atoms with Gasteiger partial charge in [-0.1, -0.05) is 12.1 Å². The second-order valence-corrected chi connectivity index (χ2v) is 4.67. The number of aromatic amines is 1. The lowest BCUT2D eigenvalue weighted by molar-refractivity contribution is -0.140. The van der Waals surface area contributed by atoms with Crippen LogP contribution in [-0.4, -0.2) is 16.1 Å². The zero-order valence-electron chi connectivity index (χ0n) is 9.38. The van der Waals surface area contributed by atoms with Gasteiger partial charge in [0.2, 0.25) is 0 Å². The first-order chi connectivity index (χ1) is 8.06. The Morgan fingerprint density at radius 3 is 2.76 bits per heavy atom. The highest BCUT2D eigenvalue weighted by Gasteiger charge is 2.53. The smallest absolute Gasteiger partial charge is 0.314 e. The Labute approximate surface area is 97.3 Å². The standard InChI is InChI=1S/C13H12FNO2/c1-7-10(13(5-6-13)12(16)17)8-3-2-4-9(14)11(8)15-7/h2-4,15H,5-6H2,1H3,(H,16,17). The molecular weight excluding hydrogens is 221 g/mol. The van der Waals surface area contributed by atoms with Crippen LogP contribution in [0.2, 0.25) is 0 Å². The van der Waals surface area contributed by atoms with Crippen LogP contribution < -0.4 is 0 Å². The molecule has 1 fully saturated rings. The maximum Gasteiger partial charge on any atom is 0.314 e. The highest BCUT2D eigenvalue weighted by atomic mass is 19.1. The van der Waals surface area contributed by atoms with E-state index in [0.29, 0.717) is 23.7 Å². The molecule has 2 aromatic rings. The van der Waals surface area contributed by atoms with Crippen LogP contribution in [-0.2, 0) is 10.2 Å². The van der Waals surface area contributed by atoms with Gasteiger partial charge in [0.25, 0.3) is 0 Å². The van der Waals surface area contributed by atoms with Crippen LogP contribution in [0.1, 0.15) is 24.1 Å². The SMILES string of the molecule is Cc1[nH]c2c(F)cccc2c1C1(C(=O)O)CC1. The van der Waals surface area contributed by atoms with Crippen molar-refractivity contribution in [2.75, 3.05) is 0 Å². The third-order valence-corrected chi connectivity index (χ3v) is 3.61. The zero-order chi connectivity index (χ0) is 12.2. The number of aromatic nitrogens is 1. The van der Waals surface area contributed by atoms with Crippen molar-refractivity contribution in [3.05, 3.63) is 35.3 Å². The average Bonchev–Trinajstić information content (AvgIpc) is 2.99. The van der Waals surface area contributed by atoms with Crippen LogP contribution >= 0.6 is 0 Å². The summed E-state index contributed by atoms with van der Waals surface area (Å²) in [7, 11) is 0. The summed E-state index contributed by atoms with van der Waals surface area (Å²) < 4.78 is 13.6. The van der Waals surface area contributed by atoms with Crippen LogP contribution in [0.25, 0.3) is 10.9 Å². The fraction of sp³-hybridized carbons (Fsp3) is 0.308. The van der Waals surface area contributed by atoms with E-state index < -0.39 is 11.4 Å². The number of benzene rings is 1. The minimum atomic E-state index is -0.814. The number of fused-ring (bicyclic) bond motifs is 1. The highest BCUT2D eigenvalue weighted by molar-refractivity contribution is 5.95. The molecule has 0 aliphatic heterocycles. The number of rotatable bonds is 2. The number of carbonyl (C=O) groups is 1. The third-order valence-electron chi connectivity index (χ3n) is 3.61. The van der Waals surface area contributed by atoms with Crippen LogP contribution in [0.15, 0.2) is 18.2 Å². The largest absolute Gasteiger partial charge is 0.481 e. The monoisotopic (exact) mass is 233 g/mol. The van der Waals surface area contributed by atoms with Crippen LogP contribution in [0, 0.1) is 12.7 Å². The zero-order valence-corrected chi connectivity index (χ0v) is 9.38. The molecule has 0 amide bonds. The summed E-state index contributed by atoms with van der Waals surface area (Å²) in [6.45, 7) is 1.80. The van der Waals surface area contributed by atoms with Gasteiger partial charge in [0.1, 0.15) is 5.82 Å². The van der Waals surface area contributed by atoms with E-state index >= 15 is 0 Å². The molecule has 4 heteroatoms. The van der Waals surface area contributed by atoms with Crippen LogP contribution in [0.4, 0.5) is 4.39 Å². The van der Waals surface area contributed by atoms with Gasteiger partial charge in [0, 0.05) is 11.1 Å². The summed E-state index contributed by atoms with van der Waals surface area (Å²) in [6.07, 6.45) is 1.26. The van der Waals surface area contributed by atoms with Crippen LogP contribution in [0.5, 0.6) is 0 Å². The first-order valence-electron chi connectivity index (χ1n) is 5.57. The van der Waals surface area contributed by atoms with E-state index in [-0.39, 0.29) is 5.82 Å². The van der Waals surface area contributed by atoms with Gasteiger partial charge in [-0.15, -0.1) is 0 Å². The number of H-pyrrole nitrogens is 1. The van der Waals surface area contributed by atoms with Crippen molar-refractivity contribution in [1.29, 1.82) is 0 Å². The number of aliphatic carboxylic acids is 1. The van der Waals surface area contributed by atoms with Crippen molar-refractivity contribution in [3.8, 4) is 0 Å². The van der Waals surface area contributed by atoms with Crippen molar-refractivity contribution < 1.29 is 14.3 Å². The lowest BCUT2D eigenvalue weighted by Gasteiger charge is -2.10. The fourth-order valence-corrected chi connectivity index (χ4v) is 2.62. The molecule has 1 aliphatic carbocycles. The molecule has 0 saturated heterocycles. The van der Waals surface area contributed by atoms with Crippen molar-refractivity contribution in [2.45, 2.75) is 25.2 Å². The molecule has 17 heavy (non-hydrogen) atoms. The van der Waals surface area contributed by atoms with Gasteiger partial charge in [0.15, 0.2) is 0 Å². The topological polar surface area (TPSA) is 53.1 Å². The van der Waals surface area contributed by atoms with E-state index in [1.54, 1.807) is 19.1 Å². The number of nitrogens with one attached hydrogen (secondary N) is 1. The molecule has 1 aromatic heterocycles. The number of aryl methyl sites for hydroxylation is 1. The molecule has 1 heterocycles. The summed E-state index contributed by atoms with van der Waals surface area (Å²) in [5.74, 6) is -1.15. The maximum atomic E-state index is 13.6. The molecule has 2 N–H and O–H groups in total. The lowest BCUT2D eigenvalue weighted by atomic mass is 9.93. The number of para-hydroxylation sites is 1. The second-order valence-electron chi connectivity index (χ2n) is 4.67. The van der Waals surface area contributed by atoms with Gasteiger partial charge in [-0.3, -0.25) is 4.79 Å².